The number of benzene rings is 3. The van der Waals surface area contributed by atoms with E-state index in [0.717, 1.165) is 0 Å². The lowest BCUT2D eigenvalue weighted by Crippen LogP contribution is -2.00. The summed E-state index contributed by atoms with van der Waals surface area (Å²) >= 11 is 0. The minimum Gasteiger partial charge on any atom is -0.432 e. The Morgan fingerprint density at radius 3 is 1.35 bits per heavy atom. The van der Waals surface area contributed by atoms with Gasteiger partial charge in [0, 0.05) is 0 Å². The molecule has 1 aromatic heterocycles. The number of para-hydroxylation sites is 6. The Hall–Kier alpha value is -3.80. The first-order chi connectivity index (χ1) is 12.7. The lowest BCUT2D eigenvalue weighted by Gasteiger charge is -2.13. The fourth-order valence-corrected chi connectivity index (χ4v) is 2.46. The Morgan fingerprint density at radius 1 is 0.538 bits per heavy atom. The Kier molecular flexibility index (Phi) is 3.99. The first-order valence-electron chi connectivity index (χ1n) is 8.02. The van der Waals surface area contributed by atoms with Crippen LogP contribution in [0.15, 0.2) is 72.8 Å². The minimum atomic E-state index is 0.213. The van der Waals surface area contributed by atoms with E-state index in [1.165, 1.54) is 0 Å². The van der Waals surface area contributed by atoms with Gasteiger partial charge in [-0.3, -0.25) is 0 Å². The smallest absolute Gasteiger partial charge is 0.284 e. The van der Waals surface area contributed by atoms with E-state index < -0.39 is 0 Å². The van der Waals surface area contributed by atoms with Crippen LogP contribution >= 0.6 is 0 Å². The molecule has 4 N–H and O–H groups in total. The number of nitrogen functional groups attached to an aromatic ring is 2. The second-order valence-electron chi connectivity index (χ2n) is 5.60. The summed E-state index contributed by atoms with van der Waals surface area (Å²) in [6, 6.07) is 21.8. The molecule has 6 heteroatoms. The standard InChI is InChI=1S/C20H16N4O2/c21-13-7-1-5-11-17(13)25-19-20(26-18-12-6-2-8-14(18)22)24-16-10-4-3-9-15(16)23-19/h1-12H,21-22H2. The molecule has 4 rings (SSSR count). The molecular formula is C20H16N4O2. The third-order valence-corrected chi connectivity index (χ3v) is 3.76. The first-order valence-corrected chi connectivity index (χ1v) is 8.02. The monoisotopic (exact) mass is 344 g/mol. The third kappa shape index (κ3) is 3.08. The molecule has 0 aliphatic carbocycles. The number of hydrogen-bond donors (Lipinski definition) is 2. The van der Waals surface area contributed by atoms with Crippen molar-refractivity contribution in [2.24, 2.45) is 0 Å². The fourth-order valence-electron chi connectivity index (χ4n) is 2.46. The zero-order chi connectivity index (χ0) is 17.9. The van der Waals surface area contributed by atoms with Crippen LogP contribution in [0.3, 0.4) is 0 Å². The number of rotatable bonds is 4. The van der Waals surface area contributed by atoms with Crippen LogP contribution in [0.4, 0.5) is 11.4 Å². The van der Waals surface area contributed by atoms with Gasteiger partial charge in [-0.25, -0.2) is 9.97 Å². The van der Waals surface area contributed by atoms with Gasteiger partial charge in [-0.1, -0.05) is 36.4 Å². The second kappa shape index (κ2) is 6.60. The molecule has 0 fully saturated rings. The maximum absolute atomic E-state index is 5.97. The highest BCUT2D eigenvalue weighted by molar-refractivity contribution is 5.75. The van der Waals surface area contributed by atoms with Crippen molar-refractivity contribution in [1.29, 1.82) is 0 Å². The maximum Gasteiger partial charge on any atom is 0.284 e. The molecule has 0 aliphatic rings. The summed E-state index contributed by atoms with van der Waals surface area (Å²) in [6.07, 6.45) is 0. The van der Waals surface area contributed by atoms with E-state index in [1.54, 1.807) is 24.3 Å². The number of aromatic nitrogens is 2. The summed E-state index contributed by atoms with van der Waals surface area (Å²) in [5.74, 6) is 1.38. The molecule has 6 nitrogen and oxygen atoms in total. The van der Waals surface area contributed by atoms with Crippen LogP contribution in [-0.2, 0) is 0 Å². The highest BCUT2D eigenvalue weighted by Crippen LogP contribution is 2.36. The second-order valence-corrected chi connectivity index (χ2v) is 5.60. The van der Waals surface area contributed by atoms with Gasteiger partial charge in [-0.15, -0.1) is 0 Å². The molecule has 3 aromatic carbocycles. The van der Waals surface area contributed by atoms with Crippen molar-refractivity contribution < 1.29 is 9.47 Å². The molecule has 0 saturated heterocycles. The predicted octanol–water partition coefficient (Wildman–Crippen LogP) is 4.38. The minimum absolute atomic E-state index is 0.213. The average molecular weight is 344 g/mol. The van der Waals surface area contributed by atoms with Gasteiger partial charge in [0.1, 0.15) is 0 Å². The highest BCUT2D eigenvalue weighted by atomic mass is 16.5. The van der Waals surface area contributed by atoms with Crippen LogP contribution in [0.2, 0.25) is 0 Å². The van der Waals surface area contributed by atoms with Crippen LogP contribution in [0.1, 0.15) is 0 Å². The average Bonchev–Trinajstić information content (AvgIpc) is 2.66. The molecule has 0 spiro atoms. The molecule has 128 valence electrons. The Bertz CT molecular complexity index is 996. The summed E-state index contributed by atoms with van der Waals surface area (Å²) in [5, 5.41) is 0. The molecule has 0 atom stereocenters. The Labute approximate surface area is 150 Å². The SMILES string of the molecule is Nc1ccccc1Oc1nc2ccccc2nc1Oc1ccccc1N. The number of nitrogens with zero attached hydrogens (tertiary/aromatic N) is 2. The maximum atomic E-state index is 5.97. The van der Waals surface area contributed by atoms with Gasteiger partial charge in [-0.2, -0.15) is 0 Å². The van der Waals surface area contributed by atoms with Crippen LogP contribution in [0.5, 0.6) is 23.3 Å². The number of hydrogen-bond acceptors (Lipinski definition) is 6. The van der Waals surface area contributed by atoms with Crippen LogP contribution in [0.25, 0.3) is 11.0 Å². The summed E-state index contributed by atoms with van der Waals surface area (Å²) < 4.78 is 11.8. The van der Waals surface area contributed by atoms with Crippen molar-refractivity contribution in [1.82, 2.24) is 9.97 Å². The van der Waals surface area contributed by atoms with E-state index in [2.05, 4.69) is 9.97 Å². The van der Waals surface area contributed by atoms with Gasteiger partial charge in [0.25, 0.3) is 11.8 Å². The van der Waals surface area contributed by atoms with Crippen molar-refractivity contribution >= 4 is 22.4 Å². The zero-order valence-electron chi connectivity index (χ0n) is 13.8. The molecule has 0 aliphatic heterocycles. The molecule has 0 amide bonds. The fraction of sp³-hybridized carbons (Fsp3) is 0. The summed E-state index contributed by atoms with van der Waals surface area (Å²) in [6.45, 7) is 0. The molecule has 4 aromatic rings. The van der Waals surface area contributed by atoms with E-state index in [0.29, 0.717) is 33.9 Å². The van der Waals surface area contributed by atoms with Crippen molar-refractivity contribution in [2.75, 3.05) is 11.5 Å². The van der Waals surface area contributed by atoms with Gasteiger partial charge in [0.2, 0.25) is 0 Å². The van der Waals surface area contributed by atoms with E-state index in [4.69, 9.17) is 20.9 Å². The topological polar surface area (TPSA) is 96.3 Å². The van der Waals surface area contributed by atoms with Gasteiger partial charge in [0.15, 0.2) is 11.5 Å². The quantitative estimate of drug-likeness (QED) is 0.533. The zero-order valence-corrected chi connectivity index (χ0v) is 13.8. The number of ether oxygens (including phenoxy) is 2. The summed E-state index contributed by atoms with van der Waals surface area (Å²) in [5.41, 5.74) is 14.3. The van der Waals surface area contributed by atoms with Crippen LogP contribution < -0.4 is 20.9 Å². The van der Waals surface area contributed by atoms with Crippen molar-refractivity contribution in [3.63, 3.8) is 0 Å². The lowest BCUT2D eigenvalue weighted by atomic mass is 10.3. The van der Waals surface area contributed by atoms with Gasteiger partial charge >= 0.3 is 0 Å². The number of nitrogens with two attached hydrogens (primary N) is 2. The molecule has 26 heavy (non-hydrogen) atoms. The molecule has 1 heterocycles. The van der Waals surface area contributed by atoms with Crippen molar-refractivity contribution in [2.45, 2.75) is 0 Å². The summed E-state index contributed by atoms with van der Waals surface area (Å²) in [4.78, 5) is 9.06. The summed E-state index contributed by atoms with van der Waals surface area (Å²) in [7, 11) is 0. The normalized spacial score (nSPS) is 10.6. The first kappa shape index (κ1) is 15.7. The van der Waals surface area contributed by atoms with E-state index in [-0.39, 0.29) is 11.8 Å². The molecule has 0 saturated carbocycles. The number of anilines is 2. The lowest BCUT2D eigenvalue weighted by molar-refractivity contribution is 0.397. The number of fused-ring (bicyclic) bond motifs is 1. The Balaban J connectivity index is 1.81. The predicted molar refractivity (Wildman–Crippen MR) is 101 cm³/mol. The largest absolute Gasteiger partial charge is 0.432 e. The molecule has 0 radical (unpaired) electrons. The molecule has 0 unspecified atom stereocenters. The van der Waals surface area contributed by atoms with Crippen LogP contribution in [-0.4, -0.2) is 9.97 Å². The van der Waals surface area contributed by atoms with Gasteiger partial charge < -0.3 is 20.9 Å². The highest BCUT2D eigenvalue weighted by Gasteiger charge is 2.16. The van der Waals surface area contributed by atoms with E-state index in [1.807, 2.05) is 48.5 Å². The van der Waals surface area contributed by atoms with E-state index in [9.17, 15) is 0 Å². The van der Waals surface area contributed by atoms with Gasteiger partial charge in [-0.05, 0) is 36.4 Å². The van der Waals surface area contributed by atoms with Crippen molar-refractivity contribution in [3.05, 3.63) is 72.8 Å². The van der Waals surface area contributed by atoms with Gasteiger partial charge in [0.05, 0.1) is 22.4 Å². The molecular weight excluding hydrogens is 328 g/mol. The van der Waals surface area contributed by atoms with Crippen LogP contribution in [0, 0.1) is 0 Å². The third-order valence-electron chi connectivity index (χ3n) is 3.76. The Morgan fingerprint density at radius 2 is 0.923 bits per heavy atom. The van der Waals surface area contributed by atoms with E-state index >= 15 is 0 Å². The molecule has 0 bridgehead atoms. The van der Waals surface area contributed by atoms with Crippen molar-refractivity contribution in [3.8, 4) is 23.3 Å².